The molecule has 134 valence electrons. The molecular weight excluding hydrogens is 402 g/mol. The quantitative estimate of drug-likeness (QED) is 0.599. The topological polar surface area (TPSA) is 41.1 Å². The monoisotopic (exact) mass is 418 g/mol. The minimum atomic E-state index is -0.827. The predicted octanol–water partition coefficient (Wildman–Crippen LogP) is 5.17. The van der Waals surface area contributed by atoms with E-state index in [4.69, 9.17) is 0 Å². The fourth-order valence-corrected chi connectivity index (χ4v) is 3.34. The lowest BCUT2D eigenvalue weighted by atomic mass is 10.00. The van der Waals surface area contributed by atoms with E-state index in [1.165, 1.54) is 0 Å². The van der Waals surface area contributed by atoms with Gasteiger partial charge in [-0.2, -0.15) is 0 Å². The summed E-state index contributed by atoms with van der Waals surface area (Å²) in [5.74, 6) is -1.95. The third kappa shape index (κ3) is 4.08. The molecule has 0 aliphatic heterocycles. The maximum absolute atomic E-state index is 13.8. The van der Waals surface area contributed by atoms with Crippen LogP contribution >= 0.6 is 15.9 Å². The van der Waals surface area contributed by atoms with Crippen molar-refractivity contribution < 1.29 is 13.6 Å². The van der Waals surface area contributed by atoms with Crippen molar-refractivity contribution in [3.8, 4) is 0 Å². The Morgan fingerprint density at radius 1 is 1.12 bits per heavy atom. The highest BCUT2D eigenvalue weighted by atomic mass is 79.9. The molecular formula is C20H17BrF2N2O. The molecule has 1 atom stereocenters. The minimum absolute atomic E-state index is 0.00631. The van der Waals surface area contributed by atoms with Crippen molar-refractivity contribution in [3.63, 3.8) is 0 Å². The van der Waals surface area contributed by atoms with Crippen LogP contribution in [0.15, 0.2) is 59.1 Å². The van der Waals surface area contributed by atoms with Crippen LogP contribution in [0.3, 0.4) is 0 Å². The molecule has 3 rings (SSSR count). The molecule has 2 N–H and O–H groups in total. The number of rotatable bonds is 5. The van der Waals surface area contributed by atoms with Crippen LogP contribution in [0, 0.1) is 11.6 Å². The maximum Gasteiger partial charge on any atom is 0.238 e. The van der Waals surface area contributed by atoms with Gasteiger partial charge in [0.1, 0.15) is 5.82 Å². The van der Waals surface area contributed by atoms with Gasteiger partial charge in [-0.3, -0.25) is 4.79 Å². The zero-order valence-electron chi connectivity index (χ0n) is 14.0. The van der Waals surface area contributed by atoms with E-state index in [0.717, 1.165) is 28.5 Å². The zero-order valence-corrected chi connectivity index (χ0v) is 15.6. The van der Waals surface area contributed by atoms with Crippen LogP contribution in [-0.4, -0.2) is 12.5 Å². The lowest BCUT2D eigenvalue weighted by molar-refractivity contribution is -0.115. The van der Waals surface area contributed by atoms with E-state index in [2.05, 4.69) is 26.6 Å². The molecule has 0 saturated heterocycles. The van der Waals surface area contributed by atoms with Gasteiger partial charge in [0.2, 0.25) is 5.91 Å². The van der Waals surface area contributed by atoms with E-state index in [9.17, 15) is 13.6 Å². The summed E-state index contributed by atoms with van der Waals surface area (Å²) >= 11 is 3.06. The molecule has 0 saturated carbocycles. The Morgan fingerprint density at radius 2 is 1.85 bits per heavy atom. The van der Waals surface area contributed by atoms with Crippen LogP contribution in [0.1, 0.15) is 18.5 Å². The Kier molecular flexibility index (Phi) is 5.64. The molecule has 3 nitrogen and oxygen atoms in total. The second-order valence-corrected chi connectivity index (χ2v) is 6.82. The first kappa shape index (κ1) is 18.5. The van der Waals surface area contributed by atoms with E-state index in [-0.39, 0.29) is 22.7 Å². The Balaban J connectivity index is 1.68. The van der Waals surface area contributed by atoms with Crippen molar-refractivity contribution >= 4 is 38.3 Å². The molecule has 26 heavy (non-hydrogen) atoms. The molecule has 0 radical (unpaired) electrons. The highest BCUT2D eigenvalue weighted by Crippen LogP contribution is 2.27. The van der Waals surface area contributed by atoms with E-state index in [0.29, 0.717) is 0 Å². The molecule has 1 amide bonds. The predicted molar refractivity (Wildman–Crippen MR) is 103 cm³/mol. The van der Waals surface area contributed by atoms with Crippen molar-refractivity contribution in [2.24, 2.45) is 0 Å². The number of fused-ring (bicyclic) bond motifs is 1. The van der Waals surface area contributed by atoms with Gasteiger partial charge in [0.25, 0.3) is 0 Å². The number of anilines is 1. The first-order chi connectivity index (χ1) is 12.5. The molecule has 1 unspecified atom stereocenters. The summed E-state index contributed by atoms with van der Waals surface area (Å²) in [6.45, 7) is 1.96. The molecule has 0 aliphatic carbocycles. The van der Waals surface area contributed by atoms with Gasteiger partial charge in [-0.05, 0) is 45.3 Å². The van der Waals surface area contributed by atoms with Crippen LogP contribution in [-0.2, 0) is 4.79 Å². The number of hydrogen-bond donors (Lipinski definition) is 2. The van der Waals surface area contributed by atoms with E-state index < -0.39 is 17.5 Å². The minimum Gasteiger partial charge on any atom is -0.322 e. The summed E-state index contributed by atoms with van der Waals surface area (Å²) in [4.78, 5) is 12.1. The van der Waals surface area contributed by atoms with Gasteiger partial charge in [0.15, 0.2) is 5.82 Å². The maximum atomic E-state index is 13.8. The van der Waals surface area contributed by atoms with Crippen molar-refractivity contribution in [2.45, 2.75) is 13.0 Å². The van der Waals surface area contributed by atoms with Gasteiger partial charge >= 0.3 is 0 Å². The average Bonchev–Trinajstić information content (AvgIpc) is 2.62. The smallest absolute Gasteiger partial charge is 0.238 e. The summed E-state index contributed by atoms with van der Waals surface area (Å²) in [6.07, 6.45) is 0. The Hall–Kier alpha value is -2.31. The molecule has 6 heteroatoms. The number of nitrogens with one attached hydrogen (secondary N) is 2. The summed E-state index contributed by atoms with van der Waals surface area (Å²) in [5, 5.41) is 7.84. The molecule has 0 aromatic heterocycles. The summed E-state index contributed by atoms with van der Waals surface area (Å²) in [6, 6.07) is 15.8. The molecule has 3 aromatic rings. The Bertz CT molecular complexity index is 933. The van der Waals surface area contributed by atoms with Crippen LogP contribution < -0.4 is 10.6 Å². The highest BCUT2D eigenvalue weighted by Gasteiger charge is 2.14. The highest BCUT2D eigenvalue weighted by molar-refractivity contribution is 9.10. The van der Waals surface area contributed by atoms with Gasteiger partial charge < -0.3 is 10.6 Å². The second-order valence-electron chi connectivity index (χ2n) is 5.96. The molecule has 3 aromatic carbocycles. The number of benzene rings is 3. The average molecular weight is 419 g/mol. The first-order valence-electron chi connectivity index (χ1n) is 8.11. The summed E-state index contributed by atoms with van der Waals surface area (Å²) in [7, 11) is 0. The number of carbonyl (C=O) groups is 1. The molecule has 0 heterocycles. The van der Waals surface area contributed by atoms with Crippen LogP contribution in [0.5, 0.6) is 0 Å². The Morgan fingerprint density at radius 3 is 2.62 bits per heavy atom. The summed E-state index contributed by atoms with van der Waals surface area (Å²) in [5.41, 5.74) is 1.00. The number of halogens is 3. The SMILES string of the molecule is CC(NCC(=O)Nc1c(F)cc(F)cc1Br)c1cccc2ccccc12. The van der Waals surface area contributed by atoms with Crippen molar-refractivity contribution in [2.75, 3.05) is 11.9 Å². The van der Waals surface area contributed by atoms with E-state index >= 15 is 0 Å². The number of amides is 1. The number of carbonyl (C=O) groups excluding carboxylic acids is 1. The van der Waals surface area contributed by atoms with Gasteiger partial charge in [-0.25, -0.2) is 8.78 Å². The fraction of sp³-hybridized carbons (Fsp3) is 0.150. The second kappa shape index (κ2) is 7.93. The first-order valence-corrected chi connectivity index (χ1v) is 8.90. The van der Waals surface area contributed by atoms with Gasteiger partial charge in [-0.15, -0.1) is 0 Å². The van der Waals surface area contributed by atoms with E-state index in [1.807, 2.05) is 49.4 Å². The number of hydrogen-bond acceptors (Lipinski definition) is 2. The molecule has 0 aliphatic rings. The standard InChI is InChI=1S/C20H17BrF2N2O/c1-12(15-8-4-6-13-5-2-3-7-16(13)15)24-11-19(26)25-20-17(21)9-14(22)10-18(20)23/h2-10,12,24H,11H2,1H3,(H,25,26). The lowest BCUT2D eigenvalue weighted by Gasteiger charge is -2.17. The van der Waals surface area contributed by atoms with Crippen molar-refractivity contribution in [3.05, 3.63) is 76.3 Å². The third-order valence-corrected chi connectivity index (χ3v) is 4.76. The molecule has 0 spiro atoms. The van der Waals surface area contributed by atoms with Crippen molar-refractivity contribution in [1.29, 1.82) is 0 Å². The lowest BCUT2D eigenvalue weighted by Crippen LogP contribution is -2.30. The van der Waals surface area contributed by atoms with Crippen LogP contribution in [0.2, 0.25) is 0 Å². The molecule has 0 fully saturated rings. The summed E-state index contributed by atoms with van der Waals surface area (Å²) < 4.78 is 27.1. The van der Waals surface area contributed by atoms with Crippen molar-refractivity contribution in [1.82, 2.24) is 5.32 Å². The third-order valence-electron chi connectivity index (χ3n) is 4.13. The van der Waals surface area contributed by atoms with Gasteiger partial charge in [0, 0.05) is 16.6 Å². The normalized spacial score (nSPS) is 12.2. The Labute approximate surface area is 158 Å². The largest absolute Gasteiger partial charge is 0.322 e. The molecule has 0 bridgehead atoms. The van der Waals surface area contributed by atoms with Crippen LogP contribution in [0.25, 0.3) is 10.8 Å². The zero-order chi connectivity index (χ0) is 18.7. The van der Waals surface area contributed by atoms with E-state index in [1.54, 1.807) is 0 Å². The van der Waals surface area contributed by atoms with Gasteiger partial charge in [0.05, 0.1) is 12.2 Å². The van der Waals surface area contributed by atoms with Crippen LogP contribution in [0.4, 0.5) is 14.5 Å². The fourth-order valence-electron chi connectivity index (χ4n) is 2.83. The van der Waals surface area contributed by atoms with Gasteiger partial charge in [-0.1, -0.05) is 42.5 Å².